The van der Waals surface area contributed by atoms with Gasteiger partial charge in [-0.3, -0.25) is 9.59 Å². The van der Waals surface area contributed by atoms with Gasteiger partial charge in [-0.1, -0.05) is 74.0 Å². The maximum atomic E-state index is 13.6. The van der Waals surface area contributed by atoms with Gasteiger partial charge in [-0.2, -0.15) is 0 Å². The van der Waals surface area contributed by atoms with E-state index < -0.39 is 42.5 Å². The molecule has 0 radical (unpaired) electrons. The molecule has 0 saturated carbocycles. The normalized spacial score (nSPS) is 12.7. The summed E-state index contributed by atoms with van der Waals surface area (Å²) in [7, 11) is -7.95. The molecule has 1 atom stereocenters. The van der Waals surface area contributed by atoms with Crippen LogP contribution in [0.25, 0.3) is 21.3 Å². The van der Waals surface area contributed by atoms with Crippen LogP contribution in [0.4, 0.5) is 0 Å². The smallest absolute Gasteiger partial charge is 0.245 e. The molecule has 0 fully saturated rings. The van der Waals surface area contributed by atoms with Crippen LogP contribution in [-0.2, 0) is 30.4 Å². The number of nitrogens with two attached hydrogens (primary N) is 1. The zero-order valence-corrected chi connectivity index (χ0v) is 24.9. The van der Waals surface area contributed by atoms with Crippen molar-refractivity contribution in [3.05, 3.63) is 88.9 Å². The first-order chi connectivity index (χ1) is 19.5. The maximum absolute atomic E-state index is 13.6. The van der Waals surface area contributed by atoms with Gasteiger partial charge in [0.15, 0.2) is 20.9 Å². The van der Waals surface area contributed by atoms with Crippen molar-refractivity contribution in [2.75, 3.05) is 12.3 Å². The number of primary sulfonamides is 1. The molecule has 0 bridgehead atoms. The van der Waals surface area contributed by atoms with Crippen LogP contribution in [0.3, 0.4) is 0 Å². The fourth-order valence-corrected chi connectivity index (χ4v) is 7.84. The van der Waals surface area contributed by atoms with Gasteiger partial charge >= 0.3 is 0 Å². The van der Waals surface area contributed by atoms with Crippen molar-refractivity contribution in [2.45, 2.75) is 37.2 Å². The van der Waals surface area contributed by atoms with Gasteiger partial charge in [-0.05, 0) is 35.2 Å². The highest BCUT2D eigenvalue weighted by Gasteiger charge is 2.37. The van der Waals surface area contributed by atoms with Crippen molar-refractivity contribution in [3.8, 4) is 11.1 Å². The lowest BCUT2D eigenvalue weighted by atomic mass is 10.0. The monoisotopic (exact) mass is 613 g/mol. The Hall–Kier alpha value is -3.45. The zero-order chi connectivity index (χ0) is 29.6. The lowest BCUT2D eigenvalue weighted by molar-refractivity contribution is -0.120. The number of nitrogens with one attached hydrogen (secondary N) is 1. The third-order valence-corrected chi connectivity index (χ3v) is 10.3. The van der Waals surface area contributed by atoms with Crippen LogP contribution < -0.4 is 10.5 Å². The number of Topliss-reactive ketones (excluding diaryl/α,β-unsaturated/α-hetero) is 1. The van der Waals surface area contributed by atoms with Crippen molar-refractivity contribution >= 4 is 53.1 Å². The molecule has 0 aliphatic heterocycles. The number of hydrogen-bond acceptors (Lipinski definition) is 8. The molecule has 12 heteroatoms. The summed E-state index contributed by atoms with van der Waals surface area (Å²) in [5.41, 5.74) is 3.42. The predicted molar refractivity (Wildman–Crippen MR) is 162 cm³/mol. The van der Waals surface area contributed by atoms with Crippen LogP contribution in [0.15, 0.2) is 72.8 Å². The molecule has 3 aromatic carbocycles. The van der Waals surface area contributed by atoms with Gasteiger partial charge in [0.2, 0.25) is 15.9 Å². The van der Waals surface area contributed by atoms with E-state index in [1.807, 2.05) is 31.2 Å². The van der Waals surface area contributed by atoms with Crippen molar-refractivity contribution in [3.63, 3.8) is 0 Å². The second-order valence-corrected chi connectivity index (χ2v) is 14.6. The molecule has 1 unspecified atom stereocenters. The average Bonchev–Trinajstić information content (AvgIpc) is 3.33. The van der Waals surface area contributed by atoms with Gasteiger partial charge in [-0.25, -0.2) is 27.0 Å². The number of carbonyl (C=O) groups is 2. The van der Waals surface area contributed by atoms with Gasteiger partial charge in [0, 0.05) is 18.5 Å². The van der Waals surface area contributed by atoms with E-state index in [2.05, 4.69) is 10.3 Å². The lowest BCUT2D eigenvalue weighted by Gasteiger charge is -2.15. The SMILES string of the molecule is CCCCC(=O)c1ccc(-c2ccc3nc(C(C(=O)NCCS(N)(=O)=O)S(=O)(=O)Cc4ccccc4)sc3c2)cc1. The first-order valence-corrected chi connectivity index (χ1v) is 17.3. The minimum Gasteiger partial charge on any atom is -0.354 e. The highest BCUT2D eigenvalue weighted by atomic mass is 32.2. The van der Waals surface area contributed by atoms with Gasteiger partial charge in [0.1, 0.15) is 5.01 Å². The summed E-state index contributed by atoms with van der Waals surface area (Å²) >= 11 is 1.09. The van der Waals surface area contributed by atoms with Crippen LogP contribution in [0.2, 0.25) is 0 Å². The number of sulfonamides is 1. The number of amides is 1. The number of aromatic nitrogens is 1. The molecule has 3 N–H and O–H groups in total. The van der Waals surface area contributed by atoms with E-state index in [-0.39, 0.29) is 17.3 Å². The number of ketones is 1. The lowest BCUT2D eigenvalue weighted by Crippen LogP contribution is -2.37. The van der Waals surface area contributed by atoms with Crippen LogP contribution in [0, 0.1) is 0 Å². The molecule has 41 heavy (non-hydrogen) atoms. The van der Waals surface area contributed by atoms with E-state index in [9.17, 15) is 26.4 Å². The first-order valence-electron chi connectivity index (χ1n) is 13.0. The topological polar surface area (TPSA) is 153 Å². The summed E-state index contributed by atoms with van der Waals surface area (Å²) in [6, 6.07) is 21.3. The van der Waals surface area contributed by atoms with Gasteiger partial charge in [0.25, 0.3) is 0 Å². The molecule has 1 amide bonds. The Morgan fingerprint density at radius 3 is 2.29 bits per heavy atom. The molecular formula is C29H31N3O6S3. The van der Waals surface area contributed by atoms with Crippen molar-refractivity contribution in [1.82, 2.24) is 10.3 Å². The summed E-state index contributed by atoms with van der Waals surface area (Å²) in [4.78, 5) is 30.0. The molecule has 0 spiro atoms. The molecule has 4 aromatic rings. The van der Waals surface area contributed by atoms with Crippen LogP contribution in [-0.4, -0.2) is 45.8 Å². The Kier molecular flexibility index (Phi) is 9.69. The van der Waals surface area contributed by atoms with E-state index in [0.29, 0.717) is 27.8 Å². The minimum atomic E-state index is -4.10. The fourth-order valence-electron chi connectivity index (χ4n) is 4.29. The Morgan fingerprint density at radius 2 is 1.63 bits per heavy atom. The standard InChI is InChI=1S/C29H31N3O6S3/c1-2-3-9-25(33)22-12-10-21(11-13-22)23-14-15-24-26(18-23)39-29(32-24)27(28(34)31-16-17-41(30,37)38)40(35,36)19-20-7-5-4-6-8-20/h4-8,10-15,18,27H,2-3,9,16-17,19H2,1H3,(H,31,34)(H2,30,37,38). The number of rotatable bonds is 13. The number of carbonyl (C=O) groups excluding carboxylic acids is 2. The van der Waals surface area contributed by atoms with Crippen molar-refractivity contribution in [1.29, 1.82) is 0 Å². The molecule has 1 aromatic heterocycles. The second-order valence-electron chi connectivity index (χ2n) is 9.67. The third-order valence-electron chi connectivity index (χ3n) is 6.42. The quantitative estimate of drug-likeness (QED) is 0.212. The van der Waals surface area contributed by atoms with Gasteiger partial charge < -0.3 is 5.32 Å². The summed E-state index contributed by atoms with van der Waals surface area (Å²) in [5, 5.41) is 5.87. The Balaban J connectivity index is 1.65. The molecular weight excluding hydrogens is 583 g/mol. The number of benzene rings is 3. The van der Waals surface area contributed by atoms with E-state index in [1.165, 1.54) is 0 Å². The Labute approximate surface area is 243 Å². The summed E-state index contributed by atoms with van der Waals surface area (Å²) in [5.74, 6) is -1.69. The number of sulfone groups is 1. The summed E-state index contributed by atoms with van der Waals surface area (Å²) < 4.78 is 50.5. The van der Waals surface area contributed by atoms with Gasteiger partial charge in [0.05, 0.1) is 21.7 Å². The van der Waals surface area contributed by atoms with Crippen LogP contribution in [0.1, 0.15) is 52.4 Å². The molecule has 216 valence electrons. The van der Waals surface area contributed by atoms with Crippen LogP contribution in [0.5, 0.6) is 0 Å². The molecule has 4 rings (SSSR count). The highest BCUT2D eigenvalue weighted by Crippen LogP contribution is 2.35. The van der Waals surface area contributed by atoms with Crippen LogP contribution >= 0.6 is 11.3 Å². The summed E-state index contributed by atoms with van der Waals surface area (Å²) in [6.45, 7) is 1.71. The number of unbranched alkanes of at least 4 members (excludes halogenated alkanes) is 1. The second kappa shape index (κ2) is 13.0. The third kappa shape index (κ3) is 8.07. The van der Waals surface area contributed by atoms with E-state index in [1.54, 1.807) is 48.5 Å². The number of thiazole rings is 1. The Morgan fingerprint density at radius 1 is 0.951 bits per heavy atom. The molecule has 0 aliphatic rings. The highest BCUT2D eigenvalue weighted by molar-refractivity contribution is 7.91. The van der Waals surface area contributed by atoms with E-state index in [4.69, 9.17) is 5.14 Å². The fraction of sp³-hybridized carbons (Fsp3) is 0.276. The predicted octanol–water partition coefficient (Wildman–Crippen LogP) is 4.40. The maximum Gasteiger partial charge on any atom is 0.245 e. The van der Waals surface area contributed by atoms with E-state index in [0.717, 1.165) is 35.3 Å². The van der Waals surface area contributed by atoms with Crippen molar-refractivity contribution in [2.24, 2.45) is 5.14 Å². The van der Waals surface area contributed by atoms with Gasteiger partial charge in [-0.15, -0.1) is 11.3 Å². The number of hydrogen-bond donors (Lipinski definition) is 2. The molecule has 0 aliphatic carbocycles. The Bertz CT molecular complexity index is 1750. The molecule has 9 nitrogen and oxygen atoms in total. The number of fused-ring (bicyclic) bond motifs is 1. The summed E-state index contributed by atoms with van der Waals surface area (Å²) in [6.07, 6.45) is 2.30. The largest absolute Gasteiger partial charge is 0.354 e. The molecule has 0 saturated heterocycles. The molecule has 1 heterocycles. The number of nitrogens with zero attached hydrogens (tertiary/aromatic N) is 1. The first kappa shape index (κ1) is 30.5. The average molecular weight is 614 g/mol. The zero-order valence-electron chi connectivity index (χ0n) is 22.4. The van der Waals surface area contributed by atoms with E-state index >= 15 is 0 Å². The van der Waals surface area contributed by atoms with Crippen molar-refractivity contribution < 1.29 is 26.4 Å². The minimum absolute atomic E-state index is 0.0815.